The number of carbonyl (C=O) groups is 1. The Kier molecular flexibility index (Phi) is 7.05. The van der Waals surface area contributed by atoms with Gasteiger partial charge in [0.2, 0.25) is 5.91 Å². The van der Waals surface area contributed by atoms with Gasteiger partial charge < -0.3 is 11.1 Å². The quantitative estimate of drug-likeness (QED) is 0.799. The van der Waals surface area contributed by atoms with Crippen LogP contribution in [0.2, 0.25) is 0 Å². The van der Waals surface area contributed by atoms with E-state index in [1.54, 1.807) is 0 Å². The Labute approximate surface area is 111 Å². The van der Waals surface area contributed by atoms with E-state index in [4.69, 9.17) is 5.73 Å². The van der Waals surface area contributed by atoms with E-state index >= 15 is 0 Å². The predicted molar refractivity (Wildman–Crippen MR) is 73.4 cm³/mol. The van der Waals surface area contributed by atoms with Gasteiger partial charge in [-0.25, -0.2) is 0 Å². The minimum Gasteiger partial charge on any atom is -0.350 e. The SMILES string of the molecule is CC(C)(C)NC(=O)CN1CCC(CN)CC1.Cl. The fourth-order valence-corrected chi connectivity index (χ4v) is 2.04. The van der Waals surface area contributed by atoms with Crippen molar-refractivity contribution in [2.45, 2.75) is 39.2 Å². The molecule has 0 aromatic heterocycles. The maximum absolute atomic E-state index is 11.7. The summed E-state index contributed by atoms with van der Waals surface area (Å²) in [6.45, 7) is 9.32. The highest BCUT2D eigenvalue weighted by molar-refractivity contribution is 5.85. The summed E-state index contributed by atoms with van der Waals surface area (Å²) in [5.41, 5.74) is 5.50. The first-order valence-electron chi connectivity index (χ1n) is 6.14. The van der Waals surface area contributed by atoms with E-state index in [1.807, 2.05) is 20.8 Å². The van der Waals surface area contributed by atoms with Crippen molar-refractivity contribution in [3.8, 4) is 0 Å². The minimum absolute atomic E-state index is 0. The highest BCUT2D eigenvalue weighted by Gasteiger charge is 2.21. The molecule has 1 amide bonds. The van der Waals surface area contributed by atoms with Gasteiger partial charge in [-0.05, 0) is 59.2 Å². The zero-order chi connectivity index (χ0) is 12.2. The van der Waals surface area contributed by atoms with Crippen molar-refractivity contribution >= 4 is 18.3 Å². The Hall–Kier alpha value is -0.320. The summed E-state index contributed by atoms with van der Waals surface area (Å²) in [5, 5.41) is 2.99. The molecule has 0 aromatic rings. The van der Waals surface area contributed by atoms with Crippen LogP contribution < -0.4 is 11.1 Å². The average Bonchev–Trinajstić information content (AvgIpc) is 2.16. The van der Waals surface area contributed by atoms with Crippen LogP contribution in [-0.4, -0.2) is 42.5 Å². The number of nitrogens with two attached hydrogens (primary N) is 1. The van der Waals surface area contributed by atoms with Crippen LogP contribution in [0.3, 0.4) is 0 Å². The van der Waals surface area contributed by atoms with Gasteiger partial charge in [-0.1, -0.05) is 0 Å². The average molecular weight is 264 g/mol. The third-order valence-electron chi connectivity index (χ3n) is 2.92. The fraction of sp³-hybridized carbons (Fsp3) is 0.917. The number of nitrogens with zero attached hydrogens (tertiary/aromatic N) is 1. The van der Waals surface area contributed by atoms with Gasteiger partial charge in [0.05, 0.1) is 6.54 Å². The van der Waals surface area contributed by atoms with Crippen LogP contribution in [0.15, 0.2) is 0 Å². The maximum atomic E-state index is 11.7. The molecule has 0 aliphatic carbocycles. The van der Waals surface area contributed by atoms with Crippen LogP contribution in [0.1, 0.15) is 33.6 Å². The molecule has 1 rings (SSSR count). The van der Waals surface area contributed by atoms with Gasteiger partial charge in [0.15, 0.2) is 0 Å². The van der Waals surface area contributed by atoms with E-state index in [-0.39, 0.29) is 23.9 Å². The van der Waals surface area contributed by atoms with Gasteiger partial charge in [-0.15, -0.1) is 12.4 Å². The van der Waals surface area contributed by atoms with Crippen molar-refractivity contribution in [2.24, 2.45) is 11.7 Å². The molecular formula is C12H26ClN3O. The first-order chi connectivity index (χ1) is 7.40. The zero-order valence-electron chi connectivity index (χ0n) is 11.2. The fourth-order valence-electron chi connectivity index (χ4n) is 2.04. The first-order valence-corrected chi connectivity index (χ1v) is 6.14. The molecule has 5 heteroatoms. The second-order valence-electron chi connectivity index (χ2n) is 5.75. The Bertz CT molecular complexity index is 232. The molecule has 0 aromatic carbocycles. The van der Waals surface area contributed by atoms with Crippen molar-refractivity contribution in [1.29, 1.82) is 0 Å². The summed E-state index contributed by atoms with van der Waals surface area (Å²) in [6.07, 6.45) is 2.25. The molecule has 0 bridgehead atoms. The molecule has 1 heterocycles. The third-order valence-corrected chi connectivity index (χ3v) is 2.92. The molecule has 0 atom stereocenters. The first kappa shape index (κ1) is 16.7. The molecule has 4 nitrogen and oxygen atoms in total. The van der Waals surface area contributed by atoms with Crippen LogP contribution in [0.25, 0.3) is 0 Å². The van der Waals surface area contributed by atoms with Crippen LogP contribution in [0.5, 0.6) is 0 Å². The van der Waals surface area contributed by atoms with Crippen molar-refractivity contribution in [3.05, 3.63) is 0 Å². The lowest BCUT2D eigenvalue weighted by Gasteiger charge is -2.31. The predicted octanol–water partition coefficient (Wildman–Crippen LogP) is 0.994. The number of likely N-dealkylation sites (tertiary alicyclic amines) is 1. The molecule has 1 saturated heterocycles. The Morgan fingerprint density at radius 1 is 1.35 bits per heavy atom. The lowest BCUT2D eigenvalue weighted by atomic mass is 9.97. The van der Waals surface area contributed by atoms with Crippen LogP contribution in [-0.2, 0) is 4.79 Å². The highest BCUT2D eigenvalue weighted by Crippen LogP contribution is 2.15. The second kappa shape index (κ2) is 7.19. The van der Waals surface area contributed by atoms with Gasteiger partial charge >= 0.3 is 0 Å². The molecule has 0 radical (unpaired) electrons. The van der Waals surface area contributed by atoms with Gasteiger partial charge in [0.25, 0.3) is 0 Å². The second-order valence-corrected chi connectivity index (χ2v) is 5.75. The van der Waals surface area contributed by atoms with Gasteiger partial charge in [0.1, 0.15) is 0 Å². The summed E-state index contributed by atoms with van der Waals surface area (Å²) in [5.74, 6) is 0.778. The lowest BCUT2D eigenvalue weighted by molar-refractivity contribution is -0.124. The van der Waals surface area contributed by atoms with Crippen LogP contribution in [0.4, 0.5) is 0 Å². The molecular weight excluding hydrogens is 238 g/mol. The third kappa shape index (κ3) is 6.86. The standard InChI is InChI=1S/C12H25N3O.ClH/c1-12(2,3)14-11(16)9-15-6-4-10(8-13)5-7-15;/h10H,4-9,13H2,1-3H3,(H,14,16);1H. The van der Waals surface area contributed by atoms with Gasteiger partial charge in [0, 0.05) is 5.54 Å². The number of hydrogen-bond donors (Lipinski definition) is 2. The highest BCUT2D eigenvalue weighted by atomic mass is 35.5. The summed E-state index contributed by atoms with van der Waals surface area (Å²) in [7, 11) is 0. The zero-order valence-corrected chi connectivity index (χ0v) is 12.0. The summed E-state index contributed by atoms with van der Waals surface area (Å²) < 4.78 is 0. The Morgan fingerprint density at radius 3 is 2.29 bits per heavy atom. The van der Waals surface area contributed by atoms with Gasteiger partial charge in [-0.2, -0.15) is 0 Å². The van der Waals surface area contributed by atoms with E-state index < -0.39 is 0 Å². The molecule has 1 aliphatic rings. The van der Waals surface area contributed by atoms with E-state index in [0.717, 1.165) is 32.5 Å². The van der Waals surface area contributed by atoms with E-state index in [2.05, 4.69) is 10.2 Å². The largest absolute Gasteiger partial charge is 0.350 e. The number of halogens is 1. The Morgan fingerprint density at radius 2 is 1.88 bits per heavy atom. The van der Waals surface area contributed by atoms with E-state index in [1.165, 1.54) is 0 Å². The molecule has 102 valence electrons. The molecule has 0 unspecified atom stereocenters. The van der Waals surface area contributed by atoms with Crippen LogP contribution >= 0.6 is 12.4 Å². The summed E-state index contributed by atoms with van der Waals surface area (Å²) in [6, 6.07) is 0. The minimum atomic E-state index is -0.132. The number of carbonyl (C=O) groups excluding carboxylic acids is 1. The van der Waals surface area contributed by atoms with Crippen molar-refractivity contribution in [1.82, 2.24) is 10.2 Å². The molecule has 0 spiro atoms. The number of amides is 1. The normalized spacial score (nSPS) is 18.6. The lowest BCUT2D eigenvalue weighted by Crippen LogP contribution is -2.47. The van der Waals surface area contributed by atoms with Crippen molar-refractivity contribution in [2.75, 3.05) is 26.2 Å². The number of hydrogen-bond acceptors (Lipinski definition) is 3. The molecule has 1 fully saturated rings. The Balaban J connectivity index is 0.00000256. The number of nitrogens with one attached hydrogen (secondary N) is 1. The maximum Gasteiger partial charge on any atom is 0.234 e. The van der Waals surface area contributed by atoms with Gasteiger partial charge in [-0.3, -0.25) is 9.69 Å². The number of piperidine rings is 1. The topological polar surface area (TPSA) is 58.4 Å². The summed E-state index contributed by atoms with van der Waals surface area (Å²) >= 11 is 0. The van der Waals surface area contributed by atoms with Crippen LogP contribution in [0, 0.1) is 5.92 Å². The molecule has 0 saturated carbocycles. The molecule has 3 N–H and O–H groups in total. The molecule has 1 aliphatic heterocycles. The smallest absolute Gasteiger partial charge is 0.234 e. The summed E-state index contributed by atoms with van der Waals surface area (Å²) in [4.78, 5) is 13.9. The van der Waals surface area contributed by atoms with E-state index in [9.17, 15) is 4.79 Å². The van der Waals surface area contributed by atoms with Crippen molar-refractivity contribution < 1.29 is 4.79 Å². The monoisotopic (exact) mass is 263 g/mol. The molecule has 17 heavy (non-hydrogen) atoms. The van der Waals surface area contributed by atoms with Crippen molar-refractivity contribution in [3.63, 3.8) is 0 Å². The number of rotatable bonds is 3. The van der Waals surface area contributed by atoms with E-state index in [0.29, 0.717) is 12.5 Å².